The van der Waals surface area contributed by atoms with Crippen LogP contribution in [0, 0.1) is 5.82 Å². The first kappa shape index (κ1) is 13.1. The standard InChI is InChI=1S/C12H14FN3O/c1-2-17-11-7-6-10(12(13)9-11)5-3-4-8-15-16-14/h3,5-7,9H,2,4,8H2,1H3. The van der Waals surface area contributed by atoms with E-state index in [1.54, 1.807) is 24.3 Å². The molecule has 0 atom stereocenters. The van der Waals surface area contributed by atoms with Gasteiger partial charge in [0, 0.05) is 23.1 Å². The highest BCUT2D eigenvalue weighted by molar-refractivity contribution is 5.51. The molecule has 17 heavy (non-hydrogen) atoms. The third-order valence-electron chi connectivity index (χ3n) is 2.04. The first-order valence-electron chi connectivity index (χ1n) is 5.37. The summed E-state index contributed by atoms with van der Waals surface area (Å²) < 4.78 is 18.7. The number of halogens is 1. The minimum absolute atomic E-state index is 0.323. The molecular formula is C12H14FN3O. The van der Waals surface area contributed by atoms with E-state index in [2.05, 4.69) is 10.0 Å². The van der Waals surface area contributed by atoms with Crippen molar-refractivity contribution in [3.8, 4) is 5.75 Å². The van der Waals surface area contributed by atoms with Gasteiger partial charge in [0.15, 0.2) is 0 Å². The van der Waals surface area contributed by atoms with E-state index >= 15 is 0 Å². The van der Waals surface area contributed by atoms with E-state index in [9.17, 15) is 4.39 Å². The summed E-state index contributed by atoms with van der Waals surface area (Å²) in [6.45, 7) is 2.74. The van der Waals surface area contributed by atoms with E-state index < -0.39 is 0 Å². The lowest BCUT2D eigenvalue weighted by atomic mass is 10.2. The Bertz CT molecular complexity index is 439. The van der Waals surface area contributed by atoms with Gasteiger partial charge in [-0.05, 0) is 31.0 Å². The molecule has 0 unspecified atom stereocenters. The number of hydrogen-bond donors (Lipinski definition) is 0. The topological polar surface area (TPSA) is 58.0 Å². The van der Waals surface area contributed by atoms with Gasteiger partial charge in [-0.2, -0.15) is 0 Å². The lowest BCUT2D eigenvalue weighted by Gasteiger charge is -2.03. The molecule has 0 fully saturated rings. The Balaban J connectivity index is 2.62. The third-order valence-corrected chi connectivity index (χ3v) is 2.04. The van der Waals surface area contributed by atoms with E-state index in [-0.39, 0.29) is 5.82 Å². The monoisotopic (exact) mass is 235 g/mol. The van der Waals surface area contributed by atoms with Crippen molar-refractivity contribution in [3.63, 3.8) is 0 Å². The van der Waals surface area contributed by atoms with Crippen molar-refractivity contribution in [2.24, 2.45) is 5.11 Å². The second-order valence-corrected chi connectivity index (χ2v) is 3.26. The molecule has 0 heterocycles. The minimum Gasteiger partial charge on any atom is -0.494 e. The number of benzene rings is 1. The fourth-order valence-electron chi connectivity index (χ4n) is 1.29. The minimum atomic E-state index is -0.323. The fourth-order valence-corrected chi connectivity index (χ4v) is 1.29. The Morgan fingerprint density at radius 1 is 1.53 bits per heavy atom. The molecule has 5 heteroatoms. The molecule has 90 valence electrons. The van der Waals surface area contributed by atoms with Gasteiger partial charge in [0.2, 0.25) is 0 Å². The van der Waals surface area contributed by atoms with Crippen molar-refractivity contribution in [1.29, 1.82) is 0 Å². The summed E-state index contributed by atoms with van der Waals surface area (Å²) in [5, 5.41) is 3.38. The maximum atomic E-state index is 13.5. The summed E-state index contributed by atoms with van der Waals surface area (Å²) in [6.07, 6.45) is 4.03. The summed E-state index contributed by atoms with van der Waals surface area (Å²) in [7, 11) is 0. The summed E-state index contributed by atoms with van der Waals surface area (Å²) in [5.41, 5.74) is 8.56. The Hall–Kier alpha value is -2.00. The first-order chi connectivity index (χ1) is 8.27. The quantitative estimate of drug-likeness (QED) is 0.319. The second kappa shape index (κ2) is 7.30. The van der Waals surface area contributed by atoms with Crippen LogP contribution in [0.5, 0.6) is 5.75 Å². The van der Waals surface area contributed by atoms with E-state index in [0.717, 1.165) is 0 Å². The first-order valence-corrected chi connectivity index (χ1v) is 5.37. The second-order valence-electron chi connectivity index (χ2n) is 3.26. The van der Waals surface area contributed by atoms with E-state index in [0.29, 0.717) is 30.9 Å². The van der Waals surface area contributed by atoms with Crippen LogP contribution in [-0.2, 0) is 0 Å². The third kappa shape index (κ3) is 4.57. The van der Waals surface area contributed by atoms with Crippen molar-refractivity contribution >= 4 is 6.08 Å². The average Bonchev–Trinajstić information content (AvgIpc) is 2.32. The van der Waals surface area contributed by atoms with Crippen LogP contribution in [0.4, 0.5) is 4.39 Å². The zero-order chi connectivity index (χ0) is 12.5. The fraction of sp³-hybridized carbons (Fsp3) is 0.333. The average molecular weight is 235 g/mol. The predicted molar refractivity (Wildman–Crippen MR) is 65.2 cm³/mol. The Morgan fingerprint density at radius 2 is 2.35 bits per heavy atom. The van der Waals surface area contributed by atoms with E-state index in [1.165, 1.54) is 6.07 Å². The van der Waals surface area contributed by atoms with Crippen molar-refractivity contribution < 1.29 is 9.13 Å². The van der Waals surface area contributed by atoms with Crippen LogP contribution in [0.3, 0.4) is 0 Å². The van der Waals surface area contributed by atoms with Gasteiger partial charge in [0.25, 0.3) is 0 Å². The van der Waals surface area contributed by atoms with Crippen molar-refractivity contribution in [2.45, 2.75) is 13.3 Å². The molecule has 0 spiro atoms. The zero-order valence-corrected chi connectivity index (χ0v) is 9.64. The largest absolute Gasteiger partial charge is 0.494 e. The maximum Gasteiger partial charge on any atom is 0.134 e. The molecule has 1 rings (SSSR count). The highest BCUT2D eigenvalue weighted by Gasteiger charge is 2.00. The highest BCUT2D eigenvalue weighted by atomic mass is 19.1. The van der Waals surface area contributed by atoms with E-state index in [1.807, 2.05) is 6.92 Å². The SMILES string of the molecule is CCOc1ccc(C=CCCN=[N+]=[N-])c(F)c1. The molecule has 0 aliphatic carbocycles. The molecule has 4 nitrogen and oxygen atoms in total. The summed E-state index contributed by atoms with van der Waals surface area (Å²) >= 11 is 0. The van der Waals surface area contributed by atoms with Crippen molar-refractivity contribution in [1.82, 2.24) is 0 Å². The number of hydrogen-bond acceptors (Lipinski definition) is 2. The molecule has 0 aromatic heterocycles. The predicted octanol–water partition coefficient (Wildman–Crippen LogP) is 3.94. The highest BCUT2D eigenvalue weighted by Crippen LogP contribution is 2.17. The van der Waals surface area contributed by atoms with Crippen LogP contribution >= 0.6 is 0 Å². The smallest absolute Gasteiger partial charge is 0.134 e. The molecule has 0 saturated heterocycles. The molecule has 0 saturated carbocycles. The lowest BCUT2D eigenvalue weighted by molar-refractivity contribution is 0.338. The molecule has 0 aliphatic rings. The van der Waals surface area contributed by atoms with Gasteiger partial charge in [-0.1, -0.05) is 17.3 Å². The normalized spacial score (nSPS) is 10.2. The molecular weight excluding hydrogens is 221 g/mol. The van der Waals surface area contributed by atoms with Crippen LogP contribution in [0.1, 0.15) is 18.9 Å². The summed E-state index contributed by atoms with van der Waals surface area (Å²) in [5.74, 6) is 0.201. The zero-order valence-electron chi connectivity index (χ0n) is 9.64. The molecule has 0 aliphatic heterocycles. The van der Waals surface area contributed by atoms with Gasteiger partial charge in [-0.15, -0.1) is 0 Å². The maximum absolute atomic E-state index is 13.5. The molecule has 0 N–H and O–H groups in total. The van der Waals surface area contributed by atoms with Crippen LogP contribution < -0.4 is 4.74 Å². The van der Waals surface area contributed by atoms with Crippen LogP contribution in [0.15, 0.2) is 29.4 Å². The molecule has 1 aromatic rings. The summed E-state index contributed by atoms with van der Waals surface area (Å²) in [6, 6.07) is 4.74. The Kier molecular flexibility index (Phi) is 5.61. The van der Waals surface area contributed by atoms with Crippen LogP contribution in [0.25, 0.3) is 16.5 Å². The van der Waals surface area contributed by atoms with Gasteiger partial charge in [0.05, 0.1) is 6.61 Å². The van der Waals surface area contributed by atoms with E-state index in [4.69, 9.17) is 10.3 Å². The molecule has 0 bridgehead atoms. The van der Waals surface area contributed by atoms with Crippen molar-refractivity contribution in [3.05, 3.63) is 46.1 Å². The summed E-state index contributed by atoms with van der Waals surface area (Å²) in [4.78, 5) is 2.63. The molecule has 0 radical (unpaired) electrons. The number of azide groups is 1. The van der Waals surface area contributed by atoms with Crippen molar-refractivity contribution in [2.75, 3.05) is 13.2 Å². The molecule has 1 aromatic carbocycles. The molecule has 0 amide bonds. The number of nitrogens with zero attached hydrogens (tertiary/aromatic N) is 3. The number of rotatable bonds is 6. The Morgan fingerprint density at radius 3 is 3.00 bits per heavy atom. The van der Waals surface area contributed by atoms with Crippen LogP contribution in [0.2, 0.25) is 0 Å². The lowest BCUT2D eigenvalue weighted by Crippen LogP contribution is -1.92. The van der Waals surface area contributed by atoms with Crippen LogP contribution in [-0.4, -0.2) is 13.2 Å². The Labute approximate surface area is 99.3 Å². The van der Waals surface area contributed by atoms with Gasteiger partial charge in [-0.25, -0.2) is 4.39 Å². The van der Waals surface area contributed by atoms with Gasteiger partial charge in [-0.3, -0.25) is 0 Å². The van der Waals surface area contributed by atoms with Gasteiger partial charge in [0.1, 0.15) is 11.6 Å². The van der Waals surface area contributed by atoms with Gasteiger partial charge >= 0.3 is 0 Å². The van der Waals surface area contributed by atoms with Gasteiger partial charge < -0.3 is 4.74 Å². The number of ether oxygens (including phenoxy) is 1.